The lowest BCUT2D eigenvalue weighted by molar-refractivity contribution is 0.391. The van der Waals surface area contributed by atoms with Crippen molar-refractivity contribution >= 4 is 16.7 Å². The van der Waals surface area contributed by atoms with Gasteiger partial charge in [0, 0.05) is 32.0 Å². The molecule has 2 N–H and O–H groups in total. The molecule has 0 bridgehead atoms. The topological polar surface area (TPSA) is 67.1 Å². The van der Waals surface area contributed by atoms with Gasteiger partial charge in [0.2, 0.25) is 0 Å². The molecule has 146 valence electrons. The van der Waals surface area contributed by atoms with E-state index < -0.39 is 0 Å². The average molecular weight is 377 g/mol. The maximum atomic E-state index is 4.67. The van der Waals surface area contributed by atoms with Crippen LogP contribution in [0, 0.1) is 0 Å². The lowest BCUT2D eigenvalue weighted by Gasteiger charge is -2.25. The summed E-state index contributed by atoms with van der Waals surface area (Å²) in [5.41, 5.74) is 1.27. The molecule has 1 aliphatic heterocycles. The first kappa shape index (κ1) is 18.5. The minimum Gasteiger partial charge on any atom is -0.352 e. The van der Waals surface area contributed by atoms with Gasteiger partial charge >= 0.3 is 0 Å². The van der Waals surface area contributed by atoms with Gasteiger partial charge in [0.05, 0.1) is 6.54 Å². The largest absolute Gasteiger partial charge is 0.352 e. The minimum absolute atomic E-state index is 0.299. The monoisotopic (exact) mass is 376 g/mol. The molecule has 0 radical (unpaired) electrons. The average Bonchev–Trinajstić information content (AvgIpc) is 3.15. The quantitative estimate of drug-likeness (QED) is 0.542. The SMILES string of the molecule is CN=C(NCc1cccc2ccccc12)NC1CCc2nc(C(C)C)nn2C1. The van der Waals surface area contributed by atoms with Crippen LogP contribution in [0.5, 0.6) is 0 Å². The fourth-order valence-corrected chi connectivity index (χ4v) is 3.70. The molecule has 2 aromatic carbocycles. The van der Waals surface area contributed by atoms with Crippen molar-refractivity contribution in [1.29, 1.82) is 0 Å². The second kappa shape index (κ2) is 8.00. The highest BCUT2D eigenvalue weighted by Crippen LogP contribution is 2.19. The molecule has 2 heterocycles. The minimum atomic E-state index is 0.299. The Morgan fingerprint density at radius 3 is 2.86 bits per heavy atom. The highest BCUT2D eigenvalue weighted by Gasteiger charge is 2.23. The van der Waals surface area contributed by atoms with Crippen LogP contribution in [-0.2, 0) is 19.5 Å². The van der Waals surface area contributed by atoms with Gasteiger partial charge < -0.3 is 10.6 Å². The molecular weight excluding hydrogens is 348 g/mol. The summed E-state index contributed by atoms with van der Waals surface area (Å²) in [4.78, 5) is 9.08. The van der Waals surface area contributed by atoms with Crippen molar-refractivity contribution < 1.29 is 0 Å². The molecule has 6 nitrogen and oxygen atoms in total. The van der Waals surface area contributed by atoms with E-state index in [0.717, 1.165) is 43.5 Å². The van der Waals surface area contributed by atoms with E-state index in [4.69, 9.17) is 0 Å². The number of fused-ring (bicyclic) bond motifs is 2. The van der Waals surface area contributed by atoms with Crippen molar-refractivity contribution in [2.24, 2.45) is 4.99 Å². The van der Waals surface area contributed by atoms with Crippen molar-refractivity contribution in [3.05, 3.63) is 59.7 Å². The summed E-state index contributed by atoms with van der Waals surface area (Å²) in [6.07, 6.45) is 1.98. The molecule has 3 aromatic rings. The molecule has 28 heavy (non-hydrogen) atoms. The number of aryl methyl sites for hydroxylation is 1. The first-order valence-electron chi connectivity index (χ1n) is 10.0. The Morgan fingerprint density at radius 2 is 2.04 bits per heavy atom. The van der Waals surface area contributed by atoms with E-state index in [1.165, 1.54) is 16.3 Å². The lowest BCUT2D eigenvalue weighted by Crippen LogP contribution is -2.46. The maximum absolute atomic E-state index is 4.67. The summed E-state index contributed by atoms with van der Waals surface area (Å²) in [5.74, 6) is 3.22. The van der Waals surface area contributed by atoms with Crippen molar-refractivity contribution in [3.63, 3.8) is 0 Å². The van der Waals surface area contributed by atoms with Gasteiger partial charge in [-0.3, -0.25) is 4.99 Å². The fourth-order valence-electron chi connectivity index (χ4n) is 3.70. The molecule has 1 aromatic heterocycles. The van der Waals surface area contributed by atoms with E-state index in [0.29, 0.717) is 12.0 Å². The second-order valence-corrected chi connectivity index (χ2v) is 7.67. The molecule has 0 saturated carbocycles. The Hall–Kier alpha value is -2.89. The van der Waals surface area contributed by atoms with E-state index in [-0.39, 0.29) is 0 Å². The predicted octanol–water partition coefficient (Wildman–Crippen LogP) is 3.23. The molecule has 1 aliphatic rings. The summed E-state index contributed by atoms with van der Waals surface area (Å²) in [6.45, 7) is 5.83. The molecule has 1 unspecified atom stereocenters. The number of rotatable bonds is 4. The summed E-state index contributed by atoms with van der Waals surface area (Å²) >= 11 is 0. The standard InChI is InChI=1S/C22H28N6/c1-15(2)21-26-20-12-11-18(14-28(20)27-21)25-22(23-3)24-13-17-9-6-8-16-7-4-5-10-19(16)17/h4-10,15,18H,11-14H2,1-3H3,(H2,23,24,25). The molecule has 0 amide bonds. The number of aliphatic imine (C=N–C) groups is 1. The molecular formula is C22H28N6. The zero-order valence-electron chi connectivity index (χ0n) is 16.8. The lowest BCUT2D eigenvalue weighted by atomic mass is 10.0. The predicted molar refractivity (Wildman–Crippen MR) is 114 cm³/mol. The summed E-state index contributed by atoms with van der Waals surface area (Å²) in [6, 6.07) is 15.2. The van der Waals surface area contributed by atoms with Crippen molar-refractivity contribution in [2.45, 2.75) is 51.7 Å². The van der Waals surface area contributed by atoms with Crippen molar-refractivity contribution in [1.82, 2.24) is 25.4 Å². The van der Waals surface area contributed by atoms with Gasteiger partial charge in [-0.05, 0) is 22.8 Å². The smallest absolute Gasteiger partial charge is 0.191 e. The molecule has 4 rings (SSSR count). The number of hydrogen-bond donors (Lipinski definition) is 2. The molecule has 6 heteroatoms. The molecule has 0 aliphatic carbocycles. The highest BCUT2D eigenvalue weighted by molar-refractivity contribution is 5.86. The van der Waals surface area contributed by atoms with Gasteiger partial charge in [0.25, 0.3) is 0 Å². The highest BCUT2D eigenvalue weighted by atomic mass is 15.4. The molecule has 1 atom stereocenters. The Morgan fingerprint density at radius 1 is 1.21 bits per heavy atom. The van der Waals surface area contributed by atoms with Gasteiger partial charge in [-0.15, -0.1) is 0 Å². The van der Waals surface area contributed by atoms with Gasteiger partial charge in [-0.25, -0.2) is 9.67 Å². The Balaban J connectivity index is 1.40. The molecule has 0 fully saturated rings. The Bertz CT molecular complexity index is 982. The van der Waals surface area contributed by atoms with Gasteiger partial charge in [0.1, 0.15) is 5.82 Å². The van der Waals surface area contributed by atoms with Gasteiger partial charge in [-0.1, -0.05) is 56.3 Å². The van der Waals surface area contributed by atoms with Crippen LogP contribution in [0.1, 0.15) is 43.4 Å². The number of benzene rings is 2. The van der Waals surface area contributed by atoms with Gasteiger partial charge in [0.15, 0.2) is 11.8 Å². The zero-order valence-corrected chi connectivity index (χ0v) is 16.8. The number of hydrogen-bond acceptors (Lipinski definition) is 3. The van der Waals surface area contributed by atoms with Crippen LogP contribution >= 0.6 is 0 Å². The van der Waals surface area contributed by atoms with Crippen molar-refractivity contribution in [2.75, 3.05) is 7.05 Å². The Labute approximate surface area is 166 Å². The van der Waals surface area contributed by atoms with Crippen LogP contribution in [0.25, 0.3) is 10.8 Å². The first-order chi connectivity index (χ1) is 13.6. The summed E-state index contributed by atoms with van der Waals surface area (Å²) < 4.78 is 2.05. The number of nitrogens with zero attached hydrogens (tertiary/aromatic N) is 4. The van der Waals surface area contributed by atoms with E-state index in [2.05, 4.69) is 86.7 Å². The number of aromatic nitrogens is 3. The fraction of sp³-hybridized carbons (Fsp3) is 0.409. The van der Waals surface area contributed by atoms with Gasteiger partial charge in [-0.2, -0.15) is 5.10 Å². The first-order valence-corrected chi connectivity index (χ1v) is 10.0. The van der Waals surface area contributed by atoms with Crippen LogP contribution in [0.2, 0.25) is 0 Å². The maximum Gasteiger partial charge on any atom is 0.191 e. The van der Waals surface area contributed by atoms with Crippen LogP contribution in [0.3, 0.4) is 0 Å². The van der Waals surface area contributed by atoms with E-state index >= 15 is 0 Å². The van der Waals surface area contributed by atoms with Crippen LogP contribution in [0.4, 0.5) is 0 Å². The summed E-state index contributed by atoms with van der Waals surface area (Å²) in [5, 5.41) is 14.2. The third kappa shape index (κ3) is 3.86. The van der Waals surface area contributed by atoms with E-state index in [1.807, 2.05) is 7.05 Å². The van der Waals surface area contributed by atoms with Crippen molar-refractivity contribution in [3.8, 4) is 0 Å². The van der Waals surface area contributed by atoms with E-state index in [1.54, 1.807) is 0 Å². The van der Waals surface area contributed by atoms with Crippen LogP contribution in [0.15, 0.2) is 47.5 Å². The number of guanidine groups is 1. The third-order valence-electron chi connectivity index (χ3n) is 5.28. The van der Waals surface area contributed by atoms with Crippen LogP contribution < -0.4 is 10.6 Å². The van der Waals surface area contributed by atoms with E-state index in [9.17, 15) is 0 Å². The second-order valence-electron chi connectivity index (χ2n) is 7.67. The van der Waals surface area contributed by atoms with Crippen LogP contribution in [-0.4, -0.2) is 33.8 Å². The Kier molecular flexibility index (Phi) is 5.28. The summed E-state index contributed by atoms with van der Waals surface area (Å²) in [7, 11) is 1.82. The number of nitrogens with one attached hydrogen (secondary N) is 2. The zero-order chi connectivity index (χ0) is 19.5. The molecule has 0 spiro atoms. The third-order valence-corrected chi connectivity index (χ3v) is 5.28. The molecule has 0 saturated heterocycles. The normalized spacial score (nSPS) is 17.0.